The van der Waals surface area contributed by atoms with Gasteiger partial charge in [-0.1, -0.05) is 35.3 Å². The Kier molecular flexibility index (Phi) is 8.44. The van der Waals surface area contributed by atoms with Crippen LogP contribution in [0.25, 0.3) is 0 Å². The number of aryl methyl sites for hydroxylation is 2. The molecule has 1 aliphatic rings. The van der Waals surface area contributed by atoms with Crippen molar-refractivity contribution in [2.45, 2.75) is 32.4 Å². The summed E-state index contributed by atoms with van der Waals surface area (Å²) in [5.41, 5.74) is 2.66. The highest BCUT2D eigenvalue weighted by atomic mass is 35.5. The molecule has 0 bridgehead atoms. The van der Waals surface area contributed by atoms with Crippen molar-refractivity contribution in [2.24, 2.45) is 5.92 Å². The predicted octanol–water partition coefficient (Wildman–Crippen LogP) is 4.35. The number of carbonyl (C=O) groups excluding carboxylic acids is 1. The summed E-state index contributed by atoms with van der Waals surface area (Å²) >= 11 is 12.2. The summed E-state index contributed by atoms with van der Waals surface area (Å²) in [6.07, 6.45) is 0.943. The maximum absolute atomic E-state index is 12.8. The summed E-state index contributed by atoms with van der Waals surface area (Å²) in [6.45, 7) is 5.38. The van der Waals surface area contributed by atoms with Crippen LogP contribution in [0.5, 0.6) is 5.75 Å². The SMILES string of the molecule is Cc1cc(C)cc(OCCNC(=O)C2CCN(S(=O)(=O)Cc3c(Cl)cccc3Cl)CC2)c1. The van der Waals surface area contributed by atoms with E-state index in [4.69, 9.17) is 27.9 Å². The molecule has 1 amide bonds. The van der Waals surface area contributed by atoms with Gasteiger partial charge in [0.1, 0.15) is 12.4 Å². The van der Waals surface area contributed by atoms with Crippen molar-refractivity contribution < 1.29 is 17.9 Å². The first-order valence-electron chi connectivity index (χ1n) is 10.6. The molecule has 0 saturated carbocycles. The van der Waals surface area contributed by atoms with Crippen LogP contribution in [-0.2, 0) is 20.6 Å². The molecular weight excluding hydrogens is 471 g/mol. The van der Waals surface area contributed by atoms with E-state index in [0.29, 0.717) is 54.7 Å². The Bertz CT molecular complexity index is 1030. The Balaban J connectivity index is 1.44. The van der Waals surface area contributed by atoms with Gasteiger partial charge in [0.05, 0.1) is 12.3 Å². The van der Waals surface area contributed by atoms with Crippen LogP contribution in [0.4, 0.5) is 0 Å². The fourth-order valence-electron chi connectivity index (χ4n) is 3.84. The van der Waals surface area contributed by atoms with Crippen LogP contribution in [0.1, 0.15) is 29.5 Å². The van der Waals surface area contributed by atoms with E-state index in [1.807, 2.05) is 26.0 Å². The summed E-state index contributed by atoms with van der Waals surface area (Å²) in [7, 11) is -3.58. The van der Waals surface area contributed by atoms with Gasteiger partial charge in [-0.05, 0) is 62.1 Å². The zero-order valence-electron chi connectivity index (χ0n) is 18.2. The van der Waals surface area contributed by atoms with Gasteiger partial charge in [0.25, 0.3) is 0 Å². The van der Waals surface area contributed by atoms with Crippen LogP contribution in [0.15, 0.2) is 36.4 Å². The molecule has 0 spiro atoms. The first-order valence-corrected chi connectivity index (χ1v) is 12.9. The summed E-state index contributed by atoms with van der Waals surface area (Å²) in [4.78, 5) is 12.5. The topological polar surface area (TPSA) is 75.7 Å². The lowest BCUT2D eigenvalue weighted by molar-refractivity contribution is -0.126. The van der Waals surface area contributed by atoms with Crippen molar-refractivity contribution in [3.63, 3.8) is 0 Å². The molecule has 0 aromatic heterocycles. The van der Waals surface area contributed by atoms with Crippen LogP contribution >= 0.6 is 23.2 Å². The minimum absolute atomic E-state index is 0.0692. The lowest BCUT2D eigenvalue weighted by Crippen LogP contribution is -2.44. The van der Waals surface area contributed by atoms with E-state index < -0.39 is 10.0 Å². The molecule has 6 nitrogen and oxygen atoms in total. The summed E-state index contributed by atoms with van der Waals surface area (Å²) in [6, 6.07) is 10.9. The molecule has 1 fully saturated rings. The van der Waals surface area contributed by atoms with Gasteiger partial charge >= 0.3 is 0 Å². The summed E-state index contributed by atoms with van der Waals surface area (Å²) in [5.74, 6) is 0.249. The molecule has 0 unspecified atom stereocenters. The van der Waals surface area contributed by atoms with Crippen LogP contribution in [0, 0.1) is 19.8 Å². The van der Waals surface area contributed by atoms with Crippen molar-refractivity contribution in [3.05, 3.63) is 63.1 Å². The normalized spacial score (nSPS) is 15.5. The molecule has 0 atom stereocenters. The lowest BCUT2D eigenvalue weighted by atomic mass is 9.97. The Labute approximate surface area is 199 Å². The van der Waals surface area contributed by atoms with E-state index >= 15 is 0 Å². The maximum atomic E-state index is 12.8. The van der Waals surface area contributed by atoms with Crippen LogP contribution in [0.3, 0.4) is 0 Å². The molecule has 2 aromatic carbocycles. The molecule has 32 heavy (non-hydrogen) atoms. The number of nitrogens with one attached hydrogen (secondary N) is 1. The Hall–Kier alpha value is -1.80. The zero-order valence-corrected chi connectivity index (χ0v) is 20.6. The number of nitrogens with zero attached hydrogens (tertiary/aromatic N) is 1. The van der Waals surface area contributed by atoms with E-state index in [2.05, 4.69) is 11.4 Å². The highest BCUT2D eigenvalue weighted by Crippen LogP contribution is 2.29. The molecule has 2 aromatic rings. The molecule has 1 N–H and O–H groups in total. The molecule has 1 saturated heterocycles. The van der Waals surface area contributed by atoms with E-state index in [-0.39, 0.29) is 17.6 Å². The smallest absolute Gasteiger partial charge is 0.223 e. The molecular formula is C23H28Cl2N2O4S. The van der Waals surface area contributed by atoms with Crippen molar-refractivity contribution in [1.82, 2.24) is 9.62 Å². The van der Waals surface area contributed by atoms with Gasteiger partial charge < -0.3 is 10.1 Å². The van der Waals surface area contributed by atoms with Gasteiger partial charge in [-0.2, -0.15) is 0 Å². The quantitative estimate of drug-likeness (QED) is 0.549. The summed E-state index contributed by atoms with van der Waals surface area (Å²) in [5, 5.41) is 3.56. The van der Waals surface area contributed by atoms with Gasteiger partial charge in [-0.3, -0.25) is 4.79 Å². The average molecular weight is 499 g/mol. The number of amides is 1. The van der Waals surface area contributed by atoms with Gasteiger partial charge in [-0.25, -0.2) is 12.7 Å². The standard InChI is InChI=1S/C23H28Cl2N2O4S/c1-16-12-17(2)14-19(13-16)31-11-8-26-23(28)18-6-9-27(10-7-18)32(29,30)15-20-21(24)4-3-5-22(20)25/h3-5,12-14,18H,6-11,15H2,1-2H3,(H,26,28). The lowest BCUT2D eigenvalue weighted by Gasteiger charge is -2.30. The first-order chi connectivity index (χ1) is 15.2. The first kappa shape index (κ1) is 24.8. The van der Waals surface area contributed by atoms with Crippen LogP contribution in [-0.4, -0.2) is 44.9 Å². The third kappa shape index (κ3) is 6.61. The van der Waals surface area contributed by atoms with Crippen LogP contribution < -0.4 is 10.1 Å². The average Bonchev–Trinajstić information content (AvgIpc) is 2.73. The van der Waals surface area contributed by atoms with Gasteiger partial charge in [-0.15, -0.1) is 0 Å². The van der Waals surface area contributed by atoms with E-state index in [9.17, 15) is 13.2 Å². The number of halogens is 2. The second-order valence-corrected chi connectivity index (χ2v) is 10.9. The van der Waals surface area contributed by atoms with Crippen molar-refractivity contribution >= 4 is 39.1 Å². The molecule has 0 aliphatic carbocycles. The highest BCUT2D eigenvalue weighted by molar-refractivity contribution is 7.88. The monoisotopic (exact) mass is 498 g/mol. The minimum Gasteiger partial charge on any atom is -0.492 e. The zero-order chi connectivity index (χ0) is 23.3. The highest BCUT2D eigenvalue weighted by Gasteiger charge is 2.31. The Morgan fingerprint density at radius 3 is 2.28 bits per heavy atom. The molecule has 1 heterocycles. The van der Waals surface area contributed by atoms with Crippen molar-refractivity contribution in [2.75, 3.05) is 26.2 Å². The number of ether oxygens (including phenoxy) is 1. The number of carbonyl (C=O) groups is 1. The number of sulfonamides is 1. The number of benzene rings is 2. The number of rotatable bonds is 8. The number of hydrogen-bond donors (Lipinski definition) is 1. The van der Waals surface area contributed by atoms with Crippen molar-refractivity contribution in [3.8, 4) is 5.75 Å². The molecule has 1 aliphatic heterocycles. The largest absolute Gasteiger partial charge is 0.492 e. The minimum atomic E-state index is -3.58. The number of hydrogen-bond acceptors (Lipinski definition) is 4. The summed E-state index contributed by atoms with van der Waals surface area (Å²) < 4.78 is 32.8. The fraction of sp³-hybridized carbons (Fsp3) is 0.435. The van der Waals surface area contributed by atoms with E-state index in [1.165, 1.54) is 4.31 Å². The van der Waals surface area contributed by atoms with Gasteiger partial charge in [0, 0.05) is 34.6 Å². The third-order valence-corrected chi connectivity index (χ3v) is 7.99. The fourth-order valence-corrected chi connectivity index (χ4v) is 6.16. The molecule has 3 rings (SSSR count). The second kappa shape index (κ2) is 10.9. The molecule has 0 radical (unpaired) electrons. The Morgan fingerprint density at radius 1 is 1.09 bits per heavy atom. The van der Waals surface area contributed by atoms with Crippen molar-refractivity contribution in [1.29, 1.82) is 0 Å². The number of piperidine rings is 1. The molecule has 174 valence electrons. The van der Waals surface area contributed by atoms with Gasteiger partial charge in [0.15, 0.2) is 0 Å². The predicted molar refractivity (Wildman–Crippen MR) is 128 cm³/mol. The van der Waals surface area contributed by atoms with Gasteiger partial charge in [0.2, 0.25) is 15.9 Å². The second-order valence-electron chi connectivity index (χ2n) is 8.09. The van der Waals surface area contributed by atoms with Crippen LogP contribution in [0.2, 0.25) is 10.0 Å². The maximum Gasteiger partial charge on any atom is 0.223 e. The third-order valence-electron chi connectivity index (χ3n) is 5.47. The Morgan fingerprint density at radius 2 is 1.69 bits per heavy atom. The van der Waals surface area contributed by atoms with E-state index in [1.54, 1.807) is 18.2 Å². The van der Waals surface area contributed by atoms with E-state index in [0.717, 1.165) is 16.9 Å². The molecule has 9 heteroatoms.